The molecule has 112 valence electrons. The Morgan fingerprint density at radius 2 is 1.90 bits per heavy atom. The lowest BCUT2D eigenvalue weighted by atomic mass is 10.2. The number of carbonyl (C=O) groups excluding carboxylic acids is 1. The standard InChI is InChI=1S/C13H17F3N2O2/c1-3-20-11-6-4-10(5-7-11)18(9-8-17-2)12(19)13(14,15)16/h4-7,17H,3,8-9H2,1-2H3. The monoisotopic (exact) mass is 290 g/mol. The SMILES string of the molecule is CCOc1ccc(N(CCNC)C(=O)C(F)(F)F)cc1. The topological polar surface area (TPSA) is 41.6 Å². The summed E-state index contributed by atoms with van der Waals surface area (Å²) in [5, 5.41) is 2.72. The van der Waals surface area contributed by atoms with Crippen molar-refractivity contribution in [3.05, 3.63) is 24.3 Å². The Balaban J connectivity index is 2.95. The van der Waals surface area contributed by atoms with E-state index in [1.165, 1.54) is 24.3 Å². The highest BCUT2D eigenvalue weighted by molar-refractivity contribution is 5.97. The Labute approximate surface area is 115 Å². The third-order valence-electron chi connectivity index (χ3n) is 2.53. The number of halogens is 3. The Morgan fingerprint density at radius 3 is 2.35 bits per heavy atom. The van der Waals surface area contributed by atoms with Crippen LogP contribution in [0.15, 0.2) is 24.3 Å². The lowest BCUT2D eigenvalue weighted by molar-refractivity contribution is -0.170. The number of hydrogen-bond acceptors (Lipinski definition) is 3. The van der Waals surface area contributed by atoms with Gasteiger partial charge in [-0.3, -0.25) is 4.79 Å². The number of hydrogen-bond donors (Lipinski definition) is 1. The average molecular weight is 290 g/mol. The summed E-state index contributed by atoms with van der Waals surface area (Å²) in [6.07, 6.45) is -4.90. The van der Waals surface area contributed by atoms with Gasteiger partial charge in [0.15, 0.2) is 0 Å². The third-order valence-corrected chi connectivity index (χ3v) is 2.53. The van der Waals surface area contributed by atoms with Crippen molar-refractivity contribution in [3.63, 3.8) is 0 Å². The molecule has 20 heavy (non-hydrogen) atoms. The van der Waals surface area contributed by atoms with Crippen molar-refractivity contribution >= 4 is 11.6 Å². The summed E-state index contributed by atoms with van der Waals surface area (Å²) in [5.74, 6) is -1.33. The summed E-state index contributed by atoms with van der Waals surface area (Å²) in [6.45, 7) is 2.46. The first-order chi connectivity index (χ1) is 9.40. The molecule has 0 aliphatic rings. The first kappa shape index (κ1) is 16.3. The molecule has 1 N–H and O–H groups in total. The fourth-order valence-electron chi connectivity index (χ4n) is 1.61. The van der Waals surface area contributed by atoms with Crippen molar-refractivity contribution in [2.24, 2.45) is 0 Å². The van der Waals surface area contributed by atoms with E-state index in [-0.39, 0.29) is 18.8 Å². The number of nitrogens with zero attached hydrogens (tertiary/aromatic N) is 1. The summed E-state index contributed by atoms with van der Waals surface area (Å²) in [6, 6.07) is 5.94. The molecule has 0 saturated heterocycles. The van der Waals surface area contributed by atoms with Crippen LogP contribution in [0.3, 0.4) is 0 Å². The van der Waals surface area contributed by atoms with Gasteiger partial charge in [0, 0.05) is 18.8 Å². The second-order valence-corrected chi connectivity index (χ2v) is 3.99. The van der Waals surface area contributed by atoms with E-state index in [2.05, 4.69) is 5.32 Å². The predicted octanol–water partition coefficient (Wildman–Crippen LogP) is 2.20. The molecule has 1 rings (SSSR count). The fourth-order valence-corrected chi connectivity index (χ4v) is 1.61. The van der Waals surface area contributed by atoms with Crippen LogP contribution in [0, 0.1) is 0 Å². The quantitative estimate of drug-likeness (QED) is 0.873. The van der Waals surface area contributed by atoms with E-state index in [1.54, 1.807) is 14.0 Å². The maximum absolute atomic E-state index is 12.6. The van der Waals surface area contributed by atoms with Crippen LogP contribution in [-0.2, 0) is 4.79 Å². The molecular formula is C13H17F3N2O2. The van der Waals surface area contributed by atoms with Crippen LogP contribution in [0.1, 0.15) is 6.92 Å². The molecular weight excluding hydrogens is 273 g/mol. The summed E-state index contributed by atoms with van der Waals surface area (Å²) in [4.78, 5) is 12.1. The molecule has 0 aromatic heterocycles. The van der Waals surface area contributed by atoms with E-state index < -0.39 is 12.1 Å². The number of likely N-dealkylation sites (N-methyl/N-ethyl adjacent to an activating group) is 1. The van der Waals surface area contributed by atoms with Gasteiger partial charge in [-0.05, 0) is 38.2 Å². The van der Waals surface area contributed by atoms with Crippen molar-refractivity contribution in [3.8, 4) is 5.75 Å². The van der Waals surface area contributed by atoms with Gasteiger partial charge in [-0.25, -0.2) is 0 Å². The zero-order chi connectivity index (χ0) is 15.2. The molecule has 0 saturated carbocycles. The van der Waals surface area contributed by atoms with Gasteiger partial charge in [-0.1, -0.05) is 0 Å². The Bertz CT molecular complexity index is 432. The molecule has 0 heterocycles. The molecule has 1 aromatic rings. The van der Waals surface area contributed by atoms with E-state index in [4.69, 9.17) is 4.74 Å². The summed E-state index contributed by atoms with van der Waals surface area (Å²) in [7, 11) is 1.61. The highest BCUT2D eigenvalue weighted by Crippen LogP contribution is 2.25. The molecule has 0 spiro atoms. The van der Waals surface area contributed by atoms with Gasteiger partial charge in [0.1, 0.15) is 5.75 Å². The van der Waals surface area contributed by atoms with Crippen molar-refractivity contribution < 1.29 is 22.7 Å². The first-order valence-electron chi connectivity index (χ1n) is 6.16. The number of rotatable bonds is 6. The Morgan fingerprint density at radius 1 is 1.30 bits per heavy atom. The Kier molecular flexibility index (Phi) is 5.82. The highest BCUT2D eigenvalue weighted by Gasteiger charge is 2.42. The van der Waals surface area contributed by atoms with Crippen LogP contribution in [0.5, 0.6) is 5.75 Å². The maximum atomic E-state index is 12.6. The van der Waals surface area contributed by atoms with Gasteiger partial charge >= 0.3 is 12.1 Å². The fraction of sp³-hybridized carbons (Fsp3) is 0.462. The number of carbonyl (C=O) groups is 1. The van der Waals surface area contributed by atoms with E-state index in [9.17, 15) is 18.0 Å². The minimum Gasteiger partial charge on any atom is -0.494 e. The number of ether oxygens (including phenoxy) is 1. The molecule has 0 radical (unpaired) electrons. The zero-order valence-corrected chi connectivity index (χ0v) is 11.3. The van der Waals surface area contributed by atoms with Crippen LogP contribution in [0.25, 0.3) is 0 Å². The van der Waals surface area contributed by atoms with Crippen LogP contribution < -0.4 is 15.0 Å². The minimum absolute atomic E-state index is 0.0666. The van der Waals surface area contributed by atoms with Gasteiger partial charge in [-0.2, -0.15) is 13.2 Å². The van der Waals surface area contributed by atoms with Gasteiger partial charge in [-0.15, -0.1) is 0 Å². The van der Waals surface area contributed by atoms with Crippen molar-refractivity contribution in [1.29, 1.82) is 0 Å². The number of benzene rings is 1. The maximum Gasteiger partial charge on any atom is 0.471 e. The Hall–Kier alpha value is -1.76. The van der Waals surface area contributed by atoms with E-state index >= 15 is 0 Å². The van der Waals surface area contributed by atoms with Gasteiger partial charge in [0.25, 0.3) is 0 Å². The number of anilines is 1. The molecule has 0 unspecified atom stereocenters. The molecule has 0 aliphatic carbocycles. The lowest BCUT2D eigenvalue weighted by Gasteiger charge is -2.24. The second-order valence-electron chi connectivity index (χ2n) is 3.99. The first-order valence-corrected chi connectivity index (χ1v) is 6.16. The molecule has 7 heteroatoms. The lowest BCUT2D eigenvalue weighted by Crippen LogP contribution is -2.44. The van der Waals surface area contributed by atoms with Crippen molar-refractivity contribution in [1.82, 2.24) is 5.32 Å². The normalized spacial score (nSPS) is 11.2. The van der Waals surface area contributed by atoms with Gasteiger partial charge < -0.3 is 15.0 Å². The van der Waals surface area contributed by atoms with Crippen LogP contribution in [0.2, 0.25) is 0 Å². The average Bonchev–Trinajstić information content (AvgIpc) is 2.40. The molecule has 1 amide bonds. The highest BCUT2D eigenvalue weighted by atomic mass is 19.4. The zero-order valence-electron chi connectivity index (χ0n) is 11.3. The van der Waals surface area contributed by atoms with Crippen LogP contribution in [-0.4, -0.2) is 38.8 Å². The van der Waals surface area contributed by atoms with Gasteiger partial charge in [0.05, 0.1) is 6.61 Å². The van der Waals surface area contributed by atoms with E-state index in [0.29, 0.717) is 17.3 Å². The summed E-state index contributed by atoms with van der Waals surface area (Å²) < 4.78 is 42.9. The minimum atomic E-state index is -4.90. The van der Waals surface area contributed by atoms with E-state index in [1.807, 2.05) is 0 Å². The molecule has 4 nitrogen and oxygen atoms in total. The molecule has 0 atom stereocenters. The third kappa shape index (κ3) is 4.41. The summed E-state index contributed by atoms with van der Waals surface area (Å²) >= 11 is 0. The number of nitrogens with one attached hydrogen (secondary N) is 1. The van der Waals surface area contributed by atoms with Crippen LogP contribution in [0.4, 0.5) is 18.9 Å². The summed E-state index contributed by atoms with van der Waals surface area (Å²) in [5.41, 5.74) is 0.186. The number of amides is 1. The number of alkyl halides is 3. The molecule has 0 bridgehead atoms. The molecule has 1 aromatic carbocycles. The smallest absolute Gasteiger partial charge is 0.471 e. The second kappa shape index (κ2) is 7.14. The van der Waals surface area contributed by atoms with Crippen LogP contribution >= 0.6 is 0 Å². The predicted molar refractivity (Wildman–Crippen MR) is 69.9 cm³/mol. The van der Waals surface area contributed by atoms with Crippen molar-refractivity contribution in [2.45, 2.75) is 13.1 Å². The van der Waals surface area contributed by atoms with Crippen molar-refractivity contribution in [2.75, 3.05) is 31.6 Å². The molecule has 0 aliphatic heterocycles. The molecule has 0 fully saturated rings. The van der Waals surface area contributed by atoms with E-state index in [0.717, 1.165) is 0 Å². The van der Waals surface area contributed by atoms with Gasteiger partial charge in [0.2, 0.25) is 0 Å². The largest absolute Gasteiger partial charge is 0.494 e.